The predicted octanol–water partition coefficient (Wildman–Crippen LogP) is 7.26. The Balaban J connectivity index is 1.66. The number of nitrogens with one attached hydrogen (secondary N) is 1. The minimum atomic E-state index is -0.393. The van der Waals surface area contributed by atoms with Crippen LogP contribution in [-0.2, 0) is 5.41 Å². The molecular weight excluding hydrogens is 386 g/mol. The second-order valence-corrected chi connectivity index (χ2v) is 8.81. The molecule has 1 aromatic heterocycles. The molecule has 0 amide bonds. The van der Waals surface area contributed by atoms with Gasteiger partial charge >= 0.3 is 0 Å². The topological polar surface area (TPSA) is 15.8 Å². The molecule has 1 heteroatoms. The van der Waals surface area contributed by atoms with E-state index in [0.29, 0.717) is 0 Å². The quantitative estimate of drug-likeness (QED) is 0.274. The molecule has 0 saturated carbocycles. The van der Waals surface area contributed by atoms with E-state index in [1.807, 2.05) is 6.07 Å². The molecule has 1 atom stereocenters. The van der Waals surface area contributed by atoms with E-state index < -0.39 is 5.41 Å². The molecule has 6 aromatic rings. The molecule has 1 nitrogen and oxygen atoms in total. The SMILES string of the molecule is c1ccc2c(c#1)C1(c3ccccc3-2)c2ccccc2-c2ccc3c([nH]c4ccccc43)c21. The molecule has 1 unspecified atom stereocenters. The van der Waals surface area contributed by atoms with Gasteiger partial charge in [-0.1, -0.05) is 91.0 Å². The number of aromatic nitrogens is 1. The normalized spacial score (nSPS) is 14.2. The molecular formula is C31H17N. The maximum absolute atomic E-state index is 3.80. The van der Waals surface area contributed by atoms with Crippen molar-refractivity contribution in [2.75, 3.05) is 0 Å². The summed E-state index contributed by atoms with van der Waals surface area (Å²) in [5.41, 5.74) is 12.4. The number of aromatic amines is 1. The van der Waals surface area contributed by atoms with Gasteiger partial charge in [0, 0.05) is 27.4 Å². The summed E-state index contributed by atoms with van der Waals surface area (Å²) in [6.07, 6.45) is 0. The molecule has 5 aromatic carbocycles. The lowest BCUT2D eigenvalue weighted by Gasteiger charge is -2.29. The van der Waals surface area contributed by atoms with Gasteiger partial charge in [-0.05, 0) is 51.6 Å². The molecule has 146 valence electrons. The van der Waals surface area contributed by atoms with Crippen LogP contribution in [0.5, 0.6) is 0 Å². The minimum Gasteiger partial charge on any atom is -0.354 e. The van der Waals surface area contributed by atoms with Gasteiger partial charge in [0.15, 0.2) is 0 Å². The maximum atomic E-state index is 3.80. The van der Waals surface area contributed by atoms with Crippen LogP contribution >= 0.6 is 0 Å². The van der Waals surface area contributed by atoms with E-state index in [-0.39, 0.29) is 0 Å². The smallest absolute Gasteiger partial charge is 0.0825 e. The van der Waals surface area contributed by atoms with Crippen molar-refractivity contribution in [1.29, 1.82) is 0 Å². The molecule has 0 aliphatic heterocycles. The number of fused-ring (bicyclic) bond motifs is 14. The Morgan fingerprint density at radius 2 is 1.31 bits per heavy atom. The van der Waals surface area contributed by atoms with Gasteiger partial charge in [-0.2, -0.15) is 0 Å². The van der Waals surface area contributed by atoms with Crippen molar-refractivity contribution in [2.24, 2.45) is 0 Å². The van der Waals surface area contributed by atoms with Crippen LogP contribution in [0, 0.1) is 12.1 Å². The highest BCUT2D eigenvalue weighted by molar-refractivity contribution is 6.12. The Kier molecular flexibility index (Phi) is 2.82. The van der Waals surface area contributed by atoms with Gasteiger partial charge < -0.3 is 4.98 Å². The van der Waals surface area contributed by atoms with Crippen LogP contribution in [0.3, 0.4) is 0 Å². The number of rotatable bonds is 0. The third-order valence-corrected chi connectivity index (χ3v) is 7.47. The fourth-order valence-electron chi connectivity index (χ4n) is 6.34. The van der Waals surface area contributed by atoms with Crippen LogP contribution in [0.1, 0.15) is 22.3 Å². The third-order valence-electron chi connectivity index (χ3n) is 7.47. The van der Waals surface area contributed by atoms with Gasteiger partial charge in [0.05, 0.1) is 10.9 Å². The molecule has 2 aliphatic carbocycles. The highest BCUT2D eigenvalue weighted by atomic mass is 14.7. The van der Waals surface area contributed by atoms with Crippen LogP contribution in [0.2, 0.25) is 0 Å². The summed E-state index contributed by atoms with van der Waals surface area (Å²) in [6, 6.07) is 42.0. The minimum absolute atomic E-state index is 0.393. The first kappa shape index (κ1) is 16.4. The lowest BCUT2D eigenvalue weighted by atomic mass is 9.70. The zero-order valence-electron chi connectivity index (χ0n) is 17.2. The summed E-state index contributed by atoms with van der Waals surface area (Å²) >= 11 is 0. The van der Waals surface area contributed by atoms with Crippen molar-refractivity contribution in [3.63, 3.8) is 0 Å². The Hall–Kier alpha value is -4.28. The average molecular weight is 403 g/mol. The van der Waals surface area contributed by atoms with Crippen molar-refractivity contribution in [3.05, 3.63) is 131 Å². The van der Waals surface area contributed by atoms with Gasteiger partial charge in [0.1, 0.15) is 0 Å². The molecule has 0 bridgehead atoms. The first-order chi connectivity index (χ1) is 15.9. The molecule has 2 aliphatic rings. The molecule has 0 radical (unpaired) electrons. The number of H-pyrrole nitrogens is 1. The number of para-hydroxylation sites is 1. The fourth-order valence-corrected chi connectivity index (χ4v) is 6.34. The van der Waals surface area contributed by atoms with Crippen molar-refractivity contribution in [2.45, 2.75) is 5.41 Å². The van der Waals surface area contributed by atoms with Crippen LogP contribution < -0.4 is 0 Å². The molecule has 1 N–H and O–H groups in total. The average Bonchev–Trinajstić information content (AvgIpc) is 3.48. The van der Waals surface area contributed by atoms with E-state index in [2.05, 4.69) is 108 Å². The number of benzene rings is 4. The largest absolute Gasteiger partial charge is 0.354 e. The number of hydrogen-bond donors (Lipinski definition) is 1. The highest BCUT2D eigenvalue weighted by Gasteiger charge is 2.53. The molecule has 0 fully saturated rings. The fraction of sp³-hybridized carbons (Fsp3) is 0.0323. The molecule has 1 heterocycles. The summed E-state index contributed by atoms with van der Waals surface area (Å²) in [5.74, 6) is 0. The summed E-state index contributed by atoms with van der Waals surface area (Å²) in [5, 5.41) is 2.55. The van der Waals surface area contributed by atoms with Crippen molar-refractivity contribution in [3.8, 4) is 22.3 Å². The van der Waals surface area contributed by atoms with E-state index in [9.17, 15) is 0 Å². The Morgan fingerprint density at radius 3 is 2.16 bits per heavy atom. The lowest BCUT2D eigenvalue weighted by Crippen LogP contribution is -2.26. The summed E-state index contributed by atoms with van der Waals surface area (Å²) < 4.78 is 0. The zero-order valence-corrected chi connectivity index (χ0v) is 17.2. The van der Waals surface area contributed by atoms with Crippen molar-refractivity contribution < 1.29 is 0 Å². The predicted molar refractivity (Wildman–Crippen MR) is 130 cm³/mol. The van der Waals surface area contributed by atoms with E-state index in [1.165, 1.54) is 66.3 Å². The van der Waals surface area contributed by atoms with Crippen LogP contribution in [0.25, 0.3) is 44.1 Å². The first-order valence-corrected chi connectivity index (χ1v) is 11.1. The summed E-state index contributed by atoms with van der Waals surface area (Å²) in [6.45, 7) is 0. The van der Waals surface area contributed by atoms with Crippen molar-refractivity contribution >= 4 is 21.8 Å². The van der Waals surface area contributed by atoms with Crippen molar-refractivity contribution in [1.82, 2.24) is 4.98 Å². The first-order valence-electron chi connectivity index (χ1n) is 11.1. The van der Waals surface area contributed by atoms with E-state index in [0.717, 1.165) is 0 Å². The van der Waals surface area contributed by atoms with E-state index in [1.54, 1.807) is 0 Å². The standard InChI is InChI=1S/C31H17N/c1-5-13-25-19(9-1)20-10-2-6-14-26(20)31(25)27-15-7-3-11-21(27)23-17-18-24-22-12-4-8-16-28(22)32-30(24)29(23)31/h1-5,7-13,15-18,32H. The van der Waals surface area contributed by atoms with Crippen LogP contribution in [-0.4, -0.2) is 4.98 Å². The summed E-state index contributed by atoms with van der Waals surface area (Å²) in [4.78, 5) is 3.80. The summed E-state index contributed by atoms with van der Waals surface area (Å²) in [7, 11) is 0. The van der Waals surface area contributed by atoms with Gasteiger partial charge in [0.25, 0.3) is 0 Å². The van der Waals surface area contributed by atoms with E-state index >= 15 is 0 Å². The molecule has 0 saturated heterocycles. The second kappa shape index (κ2) is 5.49. The monoisotopic (exact) mass is 403 g/mol. The van der Waals surface area contributed by atoms with Gasteiger partial charge in [-0.15, -0.1) is 0 Å². The van der Waals surface area contributed by atoms with Crippen LogP contribution in [0.15, 0.2) is 97.1 Å². The Morgan fingerprint density at radius 1 is 0.594 bits per heavy atom. The zero-order chi connectivity index (χ0) is 20.9. The van der Waals surface area contributed by atoms with Gasteiger partial charge in [-0.25, -0.2) is 0 Å². The van der Waals surface area contributed by atoms with Crippen LogP contribution in [0.4, 0.5) is 0 Å². The lowest BCUT2D eigenvalue weighted by molar-refractivity contribution is 0.800. The third kappa shape index (κ3) is 1.68. The van der Waals surface area contributed by atoms with Gasteiger partial charge in [0.2, 0.25) is 0 Å². The Bertz CT molecular complexity index is 1670. The molecule has 32 heavy (non-hydrogen) atoms. The molecule has 8 rings (SSSR count). The van der Waals surface area contributed by atoms with Gasteiger partial charge in [-0.3, -0.25) is 0 Å². The maximum Gasteiger partial charge on any atom is 0.0825 e. The van der Waals surface area contributed by atoms with E-state index in [4.69, 9.17) is 0 Å². The Labute approximate surface area is 186 Å². The highest BCUT2D eigenvalue weighted by Crippen LogP contribution is 2.63. The molecule has 1 spiro atoms. The number of hydrogen-bond acceptors (Lipinski definition) is 0. The second-order valence-electron chi connectivity index (χ2n) is 8.81.